The lowest BCUT2D eigenvalue weighted by atomic mass is 10.1. The molecular formula is C22H26ClN3O2. The van der Waals surface area contributed by atoms with Gasteiger partial charge in [0.25, 0.3) is 5.91 Å². The van der Waals surface area contributed by atoms with Crippen LogP contribution in [-0.4, -0.2) is 48.6 Å². The number of carbonyl (C=O) groups is 1. The lowest BCUT2D eigenvalue weighted by Gasteiger charge is -2.33. The first-order chi connectivity index (χ1) is 13.7. The van der Waals surface area contributed by atoms with Crippen molar-refractivity contribution < 1.29 is 9.53 Å². The van der Waals surface area contributed by atoms with E-state index in [2.05, 4.69) is 9.88 Å². The number of morpholine rings is 1. The van der Waals surface area contributed by atoms with Crippen LogP contribution in [0.1, 0.15) is 47.7 Å². The summed E-state index contributed by atoms with van der Waals surface area (Å²) in [5, 5.41) is 0.697. The van der Waals surface area contributed by atoms with E-state index >= 15 is 0 Å². The summed E-state index contributed by atoms with van der Waals surface area (Å²) in [4.78, 5) is 21.7. The number of aromatic nitrogens is 1. The molecule has 5 nitrogen and oxygen atoms in total. The fraction of sp³-hybridized carbons (Fsp3) is 0.455. The zero-order valence-corrected chi connectivity index (χ0v) is 16.8. The van der Waals surface area contributed by atoms with Gasteiger partial charge in [-0.3, -0.25) is 4.79 Å². The van der Waals surface area contributed by atoms with Crippen LogP contribution in [0.25, 0.3) is 0 Å². The van der Waals surface area contributed by atoms with E-state index in [1.54, 1.807) is 6.20 Å². The van der Waals surface area contributed by atoms with Crippen LogP contribution in [0.15, 0.2) is 42.6 Å². The first kappa shape index (κ1) is 19.2. The van der Waals surface area contributed by atoms with Crippen LogP contribution < -0.4 is 4.90 Å². The van der Waals surface area contributed by atoms with Crippen LogP contribution >= 0.6 is 11.6 Å². The molecule has 0 saturated carbocycles. The molecular weight excluding hydrogens is 374 g/mol. The summed E-state index contributed by atoms with van der Waals surface area (Å²) in [7, 11) is 0. The maximum atomic E-state index is 13.0. The van der Waals surface area contributed by atoms with Crippen LogP contribution in [-0.2, 0) is 4.74 Å². The summed E-state index contributed by atoms with van der Waals surface area (Å²) in [6.45, 7) is 3.75. The monoisotopic (exact) mass is 399 g/mol. The van der Waals surface area contributed by atoms with Crippen molar-refractivity contribution in [3.8, 4) is 0 Å². The van der Waals surface area contributed by atoms with Gasteiger partial charge in [0.05, 0.1) is 18.7 Å². The molecule has 4 rings (SSSR count). The van der Waals surface area contributed by atoms with Crippen molar-refractivity contribution in [1.82, 2.24) is 9.88 Å². The fourth-order valence-electron chi connectivity index (χ4n) is 3.89. The normalized spacial score (nSPS) is 20.7. The Balaban J connectivity index is 1.42. The molecule has 0 radical (unpaired) electrons. The number of hydrogen-bond donors (Lipinski definition) is 0. The van der Waals surface area contributed by atoms with Gasteiger partial charge in [-0.2, -0.15) is 0 Å². The third-order valence-corrected chi connectivity index (χ3v) is 5.77. The highest BCUT2D eigenvalue weighted by atomic mass is 35.5. The van der Waals surface area contributed by atoms with Crippen molar-refractivity contribution in [2.45, 2.75) is 31.8 Å². The number of benzene rings is 1. The molecule has 0 unspecified atom stereocenters. The summed E-state index contributed by atoms with van der Waals surface area (Å²) in [6, 6.07) is 11.5. The number of nitrogens with zero attached hydrogens (tertiary/aromatic N) is 3. The molecule has 1 amide bonds. The van der Waals surface area contributed by atoms with E-state index in [-0.39, 0.29) is 12.0 Å². The zero-order valence-electron chi connectivity index (χ0n) is 16.0. The molecule has 1 aromatic carbocycles. The van der Waals surface area contributed by atoms with E-state index in [1.165, 1.54) is 25.7 Å². The van der Waals surface area contributed by atoms with Crippen LogP contribution in [0.5, 0.6) is 0 Å². The Morgan fingerprint density at radius 2 is 1.75 bits per heavy atom. The predicted octanol–water partition coefficient (Wildman–Crippen LogP) is 4.33. The highest BCUT2D eigenvalue weighted by Gasteiger charge is 2.26. The van der Waals surface area contributed by atoms with E-state index in [4.69, 9.17) is 16.3 Å². The molecule has 28 heavy (non-hydrogen) atoms. The van der Waals surface area contributed by atoms with Gasteiger partial charge in [0, 0.05) is 30.9 Å². The van der Waals surface area contributed by atoms with E-state index in [1.807, 2.05) is 41.3 Å². The number of amides is 1. The summed E-state index contributed by atoms with van der Waals surface area (Å²) in [5.41, 5.74) is 1.67. The number of pyridine rings is 1. The molecule has 1 atom stereocenters. The second-order valence-electron chi connectivity index (χ2n) is 7.47. The standard InChI is InChI=1S/C22H26ClN3O2/c23-19-8-5-17(6-9-19)20-16-26(13-14-28-20)22(27)18-7-10-21(24-15-18)25-11-3-1-2-4-12-25/h5-10,15,20H,1-4,11-14,16H2/t20-/m1/s1. The van der Waals surface area contributed by atoms with Crippen LogP contribution in [0.4, 0.5) is 5.82 Å². The minimum absolute atomic E-state index is 0.0113. The van der Waals surface area contributed by atoms with E-state index in [0.717, 1.165) is 24.5 Å². The minimum Gasteiger partial charge on any atom is -0.370 e. The number of carbonyl (C=O) groups excluding carboxylic acids is 1. The van der Waals surface area contributed by atoms with Gasteiger partial charge in [-0.25, -0.2) is 4.98 Å². The maximum Gasteiger partial charge on any atom is 0.255 e. The summed E-state index contributed by atoms with van der Waals surface area (Å²) in [5.74, 6) is 0.983. The summed E-state index contributed by atoms with van der Waals surface area (Å²) >= 11 is 5.97. The van der Waals surface area contributed by atoms with Gasteiger partial charge in [0.2, 0.25) is 0 Å². The first-order valence-corrected chi connectivity index (χ1v) is 10.5. The van der Waals surface area contributed by atoms with Crippen molar-refractivity contribution in [1.29, 1.82) is 0 Å². The molecule has 0 bridgehead atoms. The average Bonchev–Trinajstić information content (AvgIpc) is 3.04. The van der Waals surface area contributed by atoms with Gasteiger partial charge in [-0.05, 0) is 42.7 Å². The SMILES string of the molecule is O=C(c1ccc(N2CCCCCC2)nc1)N1CCO[C@@H](c2ccc(Cl)cc2)C1. The Morgan fingerprint density at radius 3 is 2.43 bits per heavy atom. The van der Waals surface area contributed by atoms with Crippen molar-refractivity contribution in [2.75, 3.05) is 37.7 Å². The second kappa shape index (κ2) is 8.93. The van der Waals surface area contributed by atoms with Crippen molar-refractivity contribution in [3.63, 3.8) is 0 Å². The van der Waals surface area contributed by atoms with E-state index in [9.17, 15) is 4.79 Å². The average molecular weight is 400 g/mol. The Labute approximate surface area is 171 Å². The molecule has 2 aliphatic heterocycles. The lowest BCUT2D eigenvalue weighted by molar-refractivity contribution is -0.0228. The highest BCUT2D eigenvalue weighted by Crippen LogP contribution is 2.25. The molecule has 0 N–H and O–H groups in total. The molecule has 6 heteroatoms. The Morgan fingerprint density at radius 1 is 1.00 bits per heavy atom. The Hall–Kier alpha value is -2.11. The first-order valence-electron chi connectivity index (χ1n) is 10.1. The predicted molar refractivity (Wildman–Crippen MR) is 111 cm³/mol. The van der Waals surface area contributed by atoms with Gasteiger partial charge in [-0.15, -0.1) is 0 Å². The molecule has 2 aliphatic rings. The third kappa shape index (κ3) is 4.47. The summed E-state index contributed by atoms with van der Waals surface area (Å²) in [6.07, 6.45) is 6.59. The zero-order chi connectivity index (χ0) is 19.3. The maximum absolute atomic E-state index is 13.0. The van der Waals surface area contributed by atoms with Gasteiger partial charge < -0.3 is 14.5 Å². The lowest BCUT2D eigenvalue weighted by Crippen LogP contribution is -2.42. The molecule has 0 aliphatic carbocycles. The number of rotatable bonds is 3. The smallest absolute Gasteiger partial charge is 0.255 e. The van der Waals surface area contributed by atoms with Crippen LogP contribution in [0, 0.1) is 0 Å². The van der Waals surface area contributed by atoms with Gasteiger partial charge in [0.1, 0.15) is 11.9 Å². The molecule has 2 saturated heterocycles. The third-order valence-electron chi connectivity index (χ3n) is 5.52. The van der Waals surface area contributed by atoms with Crippen LogP contribution in [0.3, 0.4) is 0 Å². The summed E-state index contributed by atoms with van der Waals surface area (Å²) < 4.78 is 5.87. The minimum atomic E-state index is -0.126. The van der Waals surface area contributed by atoms with Crippen molar-refractivity contribution >= 4 is 23.3 Å². The largest absolute Gasteiger partial charge is 0.370 e. The van der Waals surface area contributed by atoms with Gasteiger partial charge >= 0.3 is 0 Å². The fourth-order valence-corrected chi connectivity index (χ4v) is 4.02. The van der Waals surface area contributed by atoms with Crippen molar-refractivity contribution in [3.05, 3.63) is 58.7 Å². The molecule has 148 valence electrons. The number of ether oxygens (including phenoxy) is 1. The molecule has 0 spiro atoms. The molecule has 2 aromatic rings. The Kier molecular flexibility index (Phi) is 6.13. The molecule has 3 heterocycles. The van der Waals surface area contributed by atoms with Crippen molar-refractivity contribution in [2.24, 2.45) is 0 Å². The Bertz CT molecular complexity index is 786. The number of halogens is 1. The quantitative estimate of drug-likeness (QED) is 0.770. The second-order valence-corrected chi connectivity index (χ2v) is 7.90. The van der Waals surface area contributed by atoms with Gasteiger partial charge in [-0.1, -0.05) is 36.6 Å². The van der Waals surface area contributed by atoms with Crippen LogP contribution in [0.2, 0.25) is 5.02 Å². The van der Waals surface area contributed by atoms with E-state index < -0.39 is 0 Å². The number of anilines is 1. The topological polar surface area (TPSA) is 45.7 Å². The molecule has 2 fully saturated rings. The van der Waals surface area contributed by atoms with E-state index in [0.29, 0.717) is 30.3 Å². The number of hydrogen-bond acceptors (Lipinski definition) is 4. The molecule has 1 aromatic heterocycles. The highest BCUT2D eigenvalue weighted by molar-refractivity contribution is 6.30. The van der Waals surface area contributed by atoms with Gasteiger partial charge in [0.15, 0.2) is 0 Å².